The van der Waals surface area contributed by atoms with Crippen LogP contribution >= 0.6 is 45.3 Å². The molecular weight excluding hydrogens is 1490 g/mol. The summed E-state index contributed by atoms with van der Waals surface area (Å²) in [7, 11) is 6.34. The molecule has 0 amide bonds. The van der Waals surface area contributed by atoms with E-state index in [1.807, 2.05) is 145 Å². The van der Waals surface area contributed by atoms with Crippen molar-refractivity contribution in [2.45, 2.75) is 20.0 Å². The molecule has 11 heterocycles. The van der Waals surface area contributed by atoms with Gasteiger partial charge in [0.1, 0.15) is 23.0 Å². The molecule has 0 atom stereocenters. The molecule has 1 saturated heterocycles. The number of pyridine rings is 1. The number of phenols is 1. The van der Waals surface area contributed by atoms with Crippen molar-refractivity contribution < 1.29 is 33.5 Å². The van der Waals surface area contributed by atoms with Crippen LogP contribution in [0.5, 0.6) is 34.5 Å². The highest BCUT2D eigenvalue weighted by molar-refractivity contribution is 7.12. The Morgan fingerprint density at radius 1 is 0.409 bits per heavy atom. The molecule has 566 valence electrons. The molecule has 0 saturated carbocycles. The summed E-state index contributed by atoms with van der Waals surface area (Å²) in [6.45, 7) is 7.14. The number of aromatic hydroxyl groups is 1. The van der Waals surface area contributed by atoms with Crippen molar-refractivity contribution in [3.8, 4) is 60.8 Å². The number of nitrogens with zero attached hydrogens (tertiary/aromatic N) is 21. The minimum Gasteiger partial charge on any atom is -0.504 e. The van der Waals surface area contributed by atoms with Gasteiger partial charge in [-0.05, 0) is 98.8 Å². The molecule has 1 aliphatic rings. The van der Waals surface area contributed by atoms with Crippen LogP contribution in [0, 0.1) is 0 Å². The molecule has 0 unspecified atom stereocenters. The van der Waals surface area contributed by atoms with Gasteiger partial charge in [0.15, 0.2) is 17.3 Å². The third-order valence-corrected chi connectivity index (χ3v) is 17.8. The van der Waals surface area contributed by atoms with Gasteiger partial charge in [-0.2, -0.15) is 48.3 Å². The van der Waals surface area contributed by atoms with E-state index in [0.717, 1.165) is 72.0 Å². The number of hydrogen-bond donors (Lipinski definition) is 11. The van der Waals surface area contributed by atoms with Crippen LogP contribution in [0.15, 0.2) is 180 Å². The molecule has 0 spiro atoms. The number of hydrogen-bond acceptors (Lipinski definition) is 37. The van der Waals surface area contributed by atoms with Crippen molar-refractivity contribution in [3.63, 3.8) is 0 Å². The van der Waals surface area contributed by atoms with E-state index in [1.165, 1.54) is 81.9 Å². The number of nitrogens with two attached hydrogens (primary N) is 5. The van der Waals surface area contributed by atoms with Gasteiger partial charge in [0.25, 0.3) is 0 Å². The summed E-state index contributed by atoms with van der Waals surface area (Å²) in [6, 6.07) is 38.8. The fourth-order valence-corrected chi connectivity index (χ4v) is 12.3. The van der Waals surface area contributed by atoms with Gasteiger partial charge in [0, 0.05) is 107 Å². The smallest absolute Gasteiger partial charge is 0.249 e. The van der Waals surface area contributed by atoms with Gasteiger partial charge in [-0.1, -0.05) is 24.3 Å². The molecular formula is C68H73N31O7S4. The van der Waals surface area contributed by atoms with E-state index in [2.05, 4.69) is 107 Å². The van der Waals surface area contributed by atoms with Crippen molar-refractivity contribution in [2.75, 3.05) is 115 Å². The van der Waals surface area contributed by atoms with Gasteiger partial charge >= 0.3 is 0 Å². The summed E-state index contributed by atoms with van der Waals surface area (Å²) in [5.41, 5.74) is 34.2. The molecule has 16 rings (SSSR count). The third-order valence-electron chi connectivity index (χ3n) is 14.8. The molecule has 0 radical (unpaired) electrons. The zero-order chi connectivity index (χ0) is 76.9. The van der Waals surface area contributed by atoms with E-state index in [4.69, 9.17) is 57.1 Å². The minimum atomic E-state index is 0.0230. The molecule has 110 heavy (non-hydrogen) atoms. The number of nitrogens with one attached hydrogen (secondary N) is 5. The predicted octanol–water partition coefficient (Wildman–Crippen LogP) is 10.6. The van der Waals surface area contributed by atoms with Crippen LogP contribution in [-0.2, 0) is 4.74 Å². The number of phenolic OH excluding ortho intramolecular Hbond substituents is 1. The quantitative estimate of drug-likeness (QED) is 0.0300. The zero-order valence-corrected chi connectivity index (χ0v) is 62.8. The van der Waals surface area contributed by atoms with Crippen LogP contribution in [-0.4, -0.2) is 165 Å². The summed E-state index contributed by atoms with van der Waals surface area (Å²) >= 11 is 5.71. The highest BCUT2D eigenvalue weighted by Crippen LogP contribution is 2.35. The standard InChI is InChI=1S/C20H25N7O2.C12H12N6O2S.3C12H12N6OS/c1-14(2)29-17-13-15(6-7-16(17)26-9-11-28-12-10-26)23-20-24-19(21)27(25-20)18-5-3-4-8-22-18;1-20-9-3-2-7(6-8(9)19)15-11-16-10(13)18(17-11)12-14-4-5-21-12;1-19-9-4-2-8(3-5-9)15-11-16-10(13)18(17-11)12-14-6-7-20-12;1-19-9-4-2-3-8(7-9)15-11-16-10(13)18(17-11)12-14-5-6-20-12;1-19-9-5-3-2-4-8(9)15-11-16-10(13)18(17-11)12-14-6-7-20-12/h3-8,13-14H,9-12H2,1-2H3,(H3,21,23,24,25);2-6,19H,1H3,(H3,13,15,16,17);3*2-7H,1H3,(H3,13,15,16,17). The molecule has 1 fully saturated rings. The van der Waals surface area contributed by atoms with E-state index in [1.54, 1.807) is 64.4 Å². The van der Waals surface area contributed by atoms with Crippen molar-refractivity contribution in [1.82, 2.24) is 98.7 Å². The molecule has 38 nitrogen and oxygen atoms in total. The Balaban J connectivity index is 0.000000129. The maximum atomic E-state index is 9.74. The van der Waals surface area contributed by atoms with Crippen molar-refractivity contribution >= 4 is 139 Å². The Morgan fingerprint density at radius 3 is 1.32 bits per heavy atom. The van der Waals surface area contributed by atoms with E-state index >= 15 is 0 Å². The number of nitrogen functional groups attached to an aromatic ring is 5. The fraction of sp³-hybridized carbons (Fsp3) is 0.162. The summed E-state index contributed by atoms with van der Waals surface area (Å²) in [6.07, 6.45) is 8.48. The molecule has 5 aromatic carbocycles. The number of rotatable bonds is 22. The Morgan fingerprint density at radius 2 is 0.855 bits per heavy atom. The van der Waals surface area contributed by atoms with Crippen molar-refractivity contribution in [3.05, 3.63) is 180 Å². The van der Waals surface area contributed by atoms with E-state index in [0.29, 0.717) is 73.3 Å². The van der Waals surface area contributed by atoms with Crippen molar-refractivity contribution in [2.24, 2.45) is 0 Å². The molecule has 10 aromatic heterocycles. The molecule has 15 aromatic rings. The number of para-hydroxylation sites is 2. The first-order valence-corrected chi connectivity index (χ1v) is 36.5. The van der Waals surface area contributed by atoms with Crippen molar-refractivity contribution in [1.29, 1.82) is 0 Å². The van der Waals surface area contributed by atoms with E-state index in [-0.39, 0.29) is 41.6 Å². The predicted molar refractivity (Wildman–Crippen MR) is 425 cm³/mol. The van der Waals surface area contributed by atoms with Gasteiger partial charge in [-0.15, -0.1) is 70.8 Å². The van der Waals surface area contributed by atoms with Crippen LogP contribution in [0.2, 0.25) is 0 Å². The Bertz CT molecular complexity index is 5350. The van der Waals surface area contributed by atoms with Gasteiger partial charge in [0.2, 0.25) is 80.0 Å². The number of anilines is 16. The van der Waals surface area contributed by atoms with Gasteiger partial charge in [-0.3, -0.25) is 0 Å². The lowest BCUT2D eigenvalue weighted by atomic mass is 10.2. The fourth-order valence-electron chi connectivity index (χ4n) is 9.91. The molecule has 1 aliphatic heterocycles. The second kappa shape index (κ2) is 36.4. The van der Waals surface area contributed by atoms with Gasteiger partial charge < -0.3 is 93.7 Å². The Kier molecular flexibility index (Phi) is 25.0. The first-order valence-electron chi connectivity index (χ1n) is 33.0. The molecule has 16 N–H and O–H groups in total. The SMILES string of the molecule is CC(C)Oc1cc(Nc2nc(N)n(-c3ccccn3)n2)ccc1N1CCOCC1.COc1ccc(Nc2nc(N)n(-c3nccs3)n2)cc1.COc1ccc(Nc2nc(N)n(-c3nccs3)n2)cc1O.COc1cccc(Nc2nc(N)n(-c3nccs3)n2)c1.COc1ccccc1Nc1nc(N)n(-c2nccs2)n1. The topological polar surface area (TPSA) is 487 Å². The van der Waals surface area contributed by atoms with E-state index in [9.17, 15) is 5.11 Å². The summed E-state index contributed by atoms with van der Waals surface area (Å²) in [4.78, 5) is 44.0. The minimum absolute atomic E-state index is 0.0230. The summed E-state index contributed by atoms with van der Waals surface area (Å²) in [5, 5.41) is 56.6. The van der Waals surface area contributed by atoms with Crippen LogP contribution in [0.4, 0.5) is 93.6 Å². The highest BCUT2D eigenvalue weighted by atomic mass is 32.1. The lowest BCUT2D eigenvalue weighted by molar-refractivity contribution is 0.122. The Labute approximate surface area is 643 Å². The average Bonchev–Trinajstić information content (AvgIpc) is 1.61. The number of benzene rings is 5. The molecule has 42 heteroatoms. The molecule has 0 bridgehead atoms. The number of ether oxygens (including phenoxy) is 6. The second-order valence-corrected chi connectivity index (χ2v) is 26.1. The first kappa shape index (κ1) is 75.7. The lowest BCUT2D eigenvalue weighted by Gasteiger charge is -2.31. The lowest BCUT2D eigenvalue weighted by Crippen LogP contribution is -2.36. The van der Waals surface area contributed by atoms with Crippen LogP contribution in [0.3, 0.4) is 0 Å². The van der Waals surface area contributed by atoms with Crippen LogP contribution in [0.25, 0.3) is 26.3 Å². The largest absolute Gasteiger partial charge is 0.504 e. The Hall–Kier alpha value is -14.0. The number of morpholine rings is 1. The number of thiazole rings is 4. The molecule has 0 aliphatic carbocycles. The first-order chi connectivity index (χ1) is 53.6. The third kappa shape index (κ3) is 19.7. The zero-order valence-electron chi connectivity index (χ0n) is 59.5. The van der Waals surface area contributed by atoms with Gasteiger partial charge in [-0.25, -0.2) is 24.9 Å². The van der Waals surface area contributed by atoms with Crippen LogP contribution < -0.4 is 83.8 Å². The van der Waals surface area contributed by atoms with Crippen LogP contribution in [0.1, 0.15) is 13.8 Å². The maximum absolute atomic E-state index is 9.74. The summed E-state index contributed by atoms with van der Waals surface area (Å²) in [5.74, 6) is 7.33. The number of methoxy groups -OCH3 is 4. The summed E-state index contributed by atoms with van der Waals surface area (Å²) < 4.78 is 39.5. The maximum Gasteiger partial charge on any atom is 0.249 e. The normalized spacial score (nSPS) is 11.5. The van der Waals surface area contributed by atoms with E-state index < -0.39 is 0 Å². The highest BCUT2D eigenvalue weighted by Gasteiger charge is 2.21. The monoisotopic (exact) mass is 1560 g/mol. The average molecular weight is 1560 g/mol. The number of aromatic nitrogens is 20. The second-order valence-electron chi connectivity index (χ2n) is 22.6. The van der Waals surface area contributed by atoms with Gasteiger partial charge in [0.05, 0.1) is 59.1 Å².